The number of alkyl halides is 3. The van der Waals surface area contributed by atoms with E-state index in [0.717, 1.165) is 61.7 Å². The van der Waals surface area contributed by atoms with E-state index in [1.165, 1.54) is 35.5 Å². The summed E-state index contributed by atoms with van der Waals surface area (Å²) in [5.41, 5.74) is 5.02. The Balaban J connectivity index is 1.12. The van der Waals surface area contributed by atoms with Gasteiger partial charge in [-0.25, -0.2) is 0 Å². The van der Waals surface area contributed by atoms with Crippen molar-refractivity contribution in [2.45, 2.75) is 31.7 Å². The maximum Gasteiger partial charge on any atom is 0.416 e. The molecule has 0 aromatic heterocycles. The Bertz CT molecular complexity index is 2060. The van der Waals surface area contributed by atoms with Crippen molar-refractivity contribution in [2.24, 2.45) is 0 Å². The number of rotatable bonds is 12. The van der Waals surface area contributed by atoms with Gasteiger partial charge in [0, 0.05) is 89.3 Å². The molecule has 1 unspecified atom stereocenters. The predicted octanol–water partition coefficient (Wildman–Crippen LogP) is 8.03. The van der Waals surface area contributed by atoms with Crippen molar-refractivity contribution in [3.8, 4) is 0 Å². The van der Waals surface area contributed by atoms with E-state index in [2.05, 4.69) is 63.2 Å². The van der Waals surface area contributed by atoms with Crippen molar-refractivity contribution in [1.29, 1.82) is 0 Å². The molecule has 0 aliphatic carbocycles. The zero-order valence-corrected chi connectivity index (χ0v) is 32.0. The fourth-order valence-corrected chi connectivity index (χ4v) is 7.61. The number of halogens is 3. The van der Waals surface area contributed by atoms with Crippen LogP contribution >= 0.6 is 0 Å². The van der Waals surface area contributed by atoms with E-state index in [0.29, 0.717) is 38.2 Å². The number of piperazine rings is 2. The molecule has 2 aliphatic heterocycles. The lowest BCUT2D eigenvalue weighted by Gasteiger charge is -2.39. The molecule has 7 nitrogen and oxygen atoms in total. The van der Waals surface area contributed by atoms with Gasteiger partial charge in [0.05, 0.1) is 5.56 Å². The molecule has 0 N–H and O–H groups in total. The van der Waals surface area contributed by atoms with Crippen LogP contribution in [0.25, 0.3) is 6.08 Å². The second kappa shape index (κ2) is 18.4. The molecule has 57 heavy (non-hydrogen) atoms. The highest BCUT2D eigenvalue weighted by molar-refractivity contribution is 5.95. The number of hydrogen-bond donors (Lipinski definition) is 0. The van der Waals surface area contributed by atoms with E-state index in [1.54, 1.807) is 4.90 Å². The highest BCUT2D eigenvalue weighted by atomic mass is 19.4. The maximum absolute atomic E-state index is 14.7. The number of para-hydroxylation sites is 1. The minimum absolute atomic E-state index is 0.123. The second-order valence-electron chi connectivity index (χ2n) is 14.7. The Kier molecular flexibility index (Phi) is 12.7. The topological polar surface area (TPSA) is 50.3 Å². The minimum Gasteiger partial charge on any atom is -0.368 e. The number of carbonyl (C=O) groups excluding carboxylic acids is 2. The SMILES string of the molecule is O=C(C(Cc1ccccc1)N(Cc1ccc(N2CCN(c3ccccc3)CC2)cc1)C(=O)C=Cc1ccc(C(F)(F)F)cc1)N1CCN(Cc2ccccc2)CC1. The molecule has 1 atom stereocenters. The van der Waals surface area contributed by atoms with E-state index in [-0.39, 0.29) is 12.5 Å². The van der Waals surface area contributed by atoms with Gasteiger partial charge < -0.3 is 19.6 Å². The zero-order chi connectivity index (χ0) is 39.6. The van der Waals surface area contributed by atoms with E-state index < -0.39 is 23.7 Å². The summed E-state index contributed by atoms with van der Waals surface area (Å²) in [5, 5.41) is 0. The first-order valence-electron chi connectivity index (χ1n) is 19.6. The molecule has 294 valence electrons. The monoisotopic (exact) mass is 771 g/mol. The van der Waals surface area contributed by atoms with Gasteiger partial charge in [0.1, 0.15) is 6.04 Å². The van der Waals surface area contributed by atoms with Gasteiger partial charge in [0.25, 0.3) is 0 Å². The summed E-state index contributed by atoms with van der Waals surface area (Å²) in [5.74, 6) is -0.518. The third-order valence-corrected chi connectivity index (χ3v) is 10.9. The number of carbonyl (C=O) groups is 2. The number of amides is 2. The van der Waals surface area contributed by atoms with Gasteiger partial charge in [-0.05, 0) is 64.7 Å². The molecule has 5 aromatic rings. The first kappa shape index (κ1) is 39.4. The van der Waals surface area contributed by atoms with Gasteiger partial charge in [-0.2, -0.15) is 13.2 Å². The van der Waals surface area contributed by atoms with Gasteiger partial charge in [0.2, 0.25) is 11.8 Å². The standard InChI is InChI=1S/C47H48F3N5O2/c48-47(49,50)41-21-16-37(17-22-41)20-25-45(56)55(36-40-18-23-43(24-19-40)53-32-30-52(31-33-53)42-14-8-3-9-15-42)44(34-38-10-4-1-5-11-38)46(57)54-28-26-51(27-29-54)35-39-12-6-2-7-13-39/h1-25,44H,26-36H2. The van der Waals surface area contributed by atoms with Gasteiger partial charge >= 0.3 is 6.18 Å². The highest BCUT2D eigenvalue weighted by Crippen LogP contribution is 2.29. The van der Waals surface area contributed by atoms with Crippen molar-refractivity contribution in [3.05, 3.63) is 173 Å². The van der Waals surface area contributed by atoms with Crippen molar-refractivity contribution < 1.29 is 22.8 Å². The summed E-state index contributed by atoms with van der Waals surface area (Å²) >= 11 is 0. The summed E-state index contributed by atoms with van der Waals surface area (Å²) in [6.45, 7) is 7.03. The molecule has 0 radical (unpaired) electrons. The van der Waals surface area contributed by atoms with Gasteiger partial charge in [-0.3, -0.25) is 14.5 Å². The van der Waals surface area contributed by atoms with Crippen LogP contribution in [-0.4, -0.2) is 84.9 Å². The molecule has 2 saturated heterocycles. The van der Waals surface area contributed by atoms with Crippen molar-refractivity contribution in [3.63, 3.8) is 0 Å². The number of nitrogens with zero attached hydrogens (tertiary/aromatic N) is 5. The Labute approximate surface area is 333 Å². The van der Waals surface area contributed by atoms with Crippen LogP contribution < -0.4 is 9.80 Å². The molecular formula is C47H48F3N5O2. The Morgan fingerprint density at radius 2 is 1.12 bits per heavy atom. The minimum atomic E-state index is -4.46. The Morgan fingerprint density at radius 1 is 0.596 bits per heavy atom. The van der Waals surface area contributed by atoms with Gasteiger partial charge in [-0.15, -0.1) is 0 Å². The summed E-state index contributed by atoms with van der Waals surface area (Å²) in [6.07, 6.45) is -1.27. The number of anilines is 2. The maximum atomic E-state index is 14.7. The van der Waals surface area contributed by atoms with Crippen molar-refractivity contribution in [2.75, 3.05) is 62.2 Å². The fraction of sp³-hybridized carbons (Fsp3) is 0.277. The van der Waals surface area contributed by atoms with E-state index in [1.807, 2.05) is 71.6 Å². The zero-order valence-electron chi connectivity index (χ0n) is 32.0. The molecule has 7 rings (SSSR count). The van der Waals surface area contributed by atoms with Crippen molar-refractivity contribution in [1.82, 2.24) is 14.7 Å². The lowest BCUT2D eigenvalue weighted by molar-refractivity contribution is -0.145. The van der Waals surface area contributed by atoms with E-state index in [4.69, 9.17) is 0 Å². The molecule has 0 saturated carbocycles. The van der Waals surface area contributed by atoms with Crippen LogP contribution in [0.1, 0.15) is 27.8 Å². The molecule has 2 fully saturated rings. The predicted molar refractivity (Wildman–Crippen MR) is 221 cm³/mol. The van der Waals surface area contributed by atoms with Gasteiger partial charge in [-0.1, -0.05) is 103 Å². The average molecular weight is 772 g/mol. The highest BCUT2D eigenvalue weighted by Gasteiger charge is 2.34. The molecule has 0 bridgehead atoms. The van der Waals surface area contributed by atoms with Gasteiger partial charge in [0.15, 0.2) is 0 Å². The lowest BCUT2D eigenvalue weighted by atomic mass is 10.0. The van der Waals surface area contributed by atoms with Crippen LogP contribution in [0.4, 0.5) is 24.5 Å². The Hall–Kier alpha value is -5.87. The van der Waals surface area contributed by atoms with E-state index >= 15 is 0 Å². The summed E-state index contributed by atoms with van der Waals surface area (Å²) in [7, 11) is 0. The first-order chi connectivity index (χ1) is 27.7. The normalized spacial score (nSPS) is 15.8. The lowest BCUT2D eigenvalue weighted by Crippen LogP contribution is -2.56. The van der Waals surface area contributed by atoms with Crippen LogP contribution in [0.3, 0.4) is 0 Å². The molecule has 2 heterocycles. The summed E-state index contributed by atoms with van der Waals surface area (Å²) in [6, 6.07) is 42.5. The third kappa shape index (κ3) is 10.5. The third-order valence-electron chi connectivity index (χ3n) is 10.9. The summed E-state index contributed by atoms with van der Waals surface area (Å²) in [4.78, 5) is 39.6. The van der Waals surface area contributed by atoms with Crippen LogP contribution in [0, 0.1) is 0 Å². The van der Waals surface area contributed by atoms with Crippen molar-refractivity contribution >= 4 is 29.3 Å². The number of hydrogen-bond acceptors (Lipinski definition) is 5. The average Bonchev–Trinajstić information content (AvgIpc) is 3.25. The molecule has 2 amide bonds. The Morgan fingerprint density at radius 3 is 1.68 bits per heavy atom. The second-order valence-corrected chi connectivity index (χ2v) is 14.7. The molecule has 0 spiro atoms. The molecule has 10 heteroatoms. The largest absolute Gasteiger partial charge is 0.416 e. The first-order valence-corrected chi connectivity index (χ1v) is 19.6. The quantitative estimate of drug-likeness (QED) is 0.120. The van der Waals surface area contributed by atoms with Crippen LogP contribution in [0.2, 0.25) is 0 Å². The van der Waals surface area contributed by atoms with Crippen LogP contribution in [0.15, 0.2) is 146 Å². The van der Waals surface area contributed by atoms with Crippen LogP contribution in [0.5, 0.6) is 0 Å². The van der Waals surface area contributed by atoms with E-state index in [9.17, 15) is 22.8 Å². The molecule has 2 aliphatic rings. The fourth-order valence-electron chi connectivity index (χ4n) is 7.61. The summed E-state index contributed by atoms with van der Waals surface area (Å²) < 4.78 is 39.8. The molecule has 5 aromatic carbocycles. The van der Waals surface area contributed by atoms with Crippen LogP contribution in [-0.2, 0) is 35.3 Å². The smallest absolute Gasteiger partial charge is 0.368 e. The molecular weight excluding hydrogens is 724 g/mol. The number of benzene rings is 5.